The van der Waals surface area contributed by atoms with Gasteiger partial charge in [0.1, 0.15) is 5.76 Å². The molecule has 0 spiro atoms. The molecular formula is C10H19N3O2. The van der Waals surface area contributed by atoms with E-state index in [1.54, 1.807) is 7.11 Å². The zero-order valence-corrected chi connectivity index (χ0v) is 9.32. The van der Waals surface area contributed by atoms with E-state index < -0.39 is 0 Å². The second kappa shape index (κ2) is 6.55. The van der Waals surface area contributed by atoms with Crippen molar-refractivity contribution >= 4 is 0 Å². The van der Waals surface area contributed by atoms with Crippen molar-refractivity contribution in [1.82, 2.24) is 10.5 Å². The van der Waals surface area contributed by atoms with E-state index in [0.717, 1.165) is 24.4 Å². The lowest BCUT2D eigenvalue weighted by molar-refractivity contribution is 0.187. The Labute approximate surface area is 90.0 Å². The van der Waals surface area contributed by atoms with Crippen molar-refractivity contribution in [1.29, 1.82) is 0 Å². The highest BCUT2D eigenvalue weighted by Gasteiger charge is 2.03. The Morgan fingerprint density at radius 1 is 1.67 bits per heavy atom. The molecule has 0 aliphatic rings. The predicted molar refractivity (Wildman–Crippen MR) is 57.4 cm³/mol. The molecule has 0 aromatic carbocycles. The van der Waals surface area contributed by atoms with E-state index >= 15 is 0 Å². The standard InChI is InChI=1S/C10H19N3O2/c1-8-5-10(13-15-8)7-12-6-9(11)3-4-14-2/h5,9,12H,3-4,6-7,11H2,1-2H3. The number of hydrogen-bond acceptors (Lipinski definition) is 5. The van der Waals surface area contributed by atoms with E-state index in [-0.39, 0.29) is 6.04 Å². The maximum Gasteiger partial charge on any atom is 0.133 e. The van der Waals surface area contributed by atoms with Crippen LogP contribution in [0.15, 0.2) is 10.6 Å². The number of aromatic nitrogens is 1. The summed E-state index contributed by atoms with van der Waals surface area (Å²) >= 11 is 0. The first-order valence-electron chi connectivity index (χ1n) is 5.10. The minimum atomic E-state index is 0.123. The van der Waals surface area contributed by atoms with Gasteiger partial charge in [-0.3, -0.25) is 0 Å². The van der Waals surface area contributed by atoms with Crippen molar-refractivity contribution in [2.75, 3.05) is 20.3 Å². The molecule has 0 radical (unpaired) electrons. The molecule has 3 N–H and O–H groups in total. The summed E-state index contributed by atoms with van der Waals surface area (Å²) in [5.74, 6) is 0.829. The summed E-state index contributed by atoms with van der Waals surface area (Å²) in [5.41, 5.74) is 6.75. The van der Waals surface area contributed by atoms with E-state index in [9.17, 15) is 0 Å². The number of methoxy groups -OCH3 is 1. The zero-order chi connectivity index (χ0) is 11.1. The fraction of sp³-hybridized carbons (Fsp3) is 0.700. The zero-order valence-electron chi connectivity index (χ0n) is 9.32. The van der Waals surface area contributed by atoms with Gasteiger partial charge in [-0.1, -0.05) is 5.16 Å². The van der Waals surface area contributed by atoms with Crippen LogP contribution < -0.4 is 11.1 Å². The van der Waals surface area contributed by atoms with Crippen LogP contribution in [0.25, 0.3) is 0 Å². The van der Waals surface area contributed by atoms with E-state index in [1.165, 1.54) is 0 Å². The van der Waals surface area contributed by atoms with Crippen molar-refractivity contribution in [3.63, 3.8) is 0 Å². The van der Waals surface area contributed by atoms with Crippen LogP contribution in [-0.4, -0.2) is 31.5 Å². The van der Waals surface area contributed by atoms with Gasteiger partial charge in [-0.05, 0) is 13.3 Å². The van der Waals surface area contributed by atoms with Crippen LogP contribution in [-0.2, 0) is 11.3 Å². The third-order valence-electron chi connectivity index (χ3n) is 2.08. The van der Waals surface area contributed by atoms with Crippen molar-refractivity contribution in [3.8, 4) is 0 Å². The van der Waals surface area contributed by atoms with Crippen LogP contribution >= 0.6 is 0 Å². The molecule has 15 heavy (non-hydrogen) atoms. The molecular weight excluding hydrogens is 194 g/mol. The molecule has 86 valence electrons. The van der Waals surface area contributed by atoms with Gasteiger partial charge < -0.3 is 20.3 Å². The maximum atomic E-state index is 5.84. The Balaban J connectivity index is 2.10. The molecule has 0 aliphatic heterocycles. The highest BCUT2D eigenvalue weighted by atomic mass is 16.5. The molecule has 5 heteroatoms. The molecule has 1 aromatic rings. The molecule has 0 fully saturated rings. The van der Waals surface area contributed by atoms with Crippen LogP contribution in [0.2, 0.25) is 0 Å². The molecule has 5 nitrogen and oxygen atoms in total. The van der Waals surface area contributed by atoms with Gasteiger partial charge in [-0.25, -0.2) is 0 Å². The summed E-state index contributed by atoms with van der Waals surface area (Å²) < 4.78 is 9.89. The monoisotopic (exact) mass is 213 g/mol. The topological polar surface area (TPSA) is 73.3 Å². The van der Waals surface area contributed by atoms with Gasteiger partial charge in [0.2, 0.25) is 0 Å². The summed E-state index contributed by atoms with van der Waals surface area (Å²) in [7, 11) is 1.68. The number of hydrogen-bond donors (Lipinski definition) is 2. The number of rotatable bonds is 7. The average Bonchev–Trinajstić information content (AvgIpc) is 2.61. The number of aryl methyl sites for hydroxylation is 1. The first kappa shape index (κ1) is 12.2. The van der Waals surface area contributed by atoms with Crippen LogP contribution in [0.5, 0.6) is 0 Å². The number of nitrogens with one attached hydrogen (secondary N) is 1. The summed E-state index contributed by atoms with van der Waals surface area (Å²) in [6.07, 6.45) is 0.862. The quantitative estimate of drug-likeness (QED) is 0.687. The third kappa shape index (κ3) is 4.92. The van der Waals surface area contributed by atoms with Crippen LogP contribution in [0.3, 0.4) is 0 Å². The number of ether oxygens (including phenoxy) is 1. The smallest absolute Gasteiger partial charge is 0.133 e. The lowest BCUT2D eigenvalue weighted by atomic mass is 10.2. The van der Waals surface area contributed by atoms with Crippen LogP contribution in [0.4, 0.5) is 0 Å². The van der Waals surface area contributed by atoms with Gasteiger partial charge in [0.05, 0.1) is 5.69 Å². The van der Waals surface area contributed by atoms with E-state index in [1.807, 2.05) is 13.0 Å². The SMILES string of the molecule is COCCC(N)CNCc1cc(C)on1. The Morgan fingerprint density at radius 2 is 2.47 bits per heavy atom. The average molecular weight is 213 g/mol. The fourth-order valence-electron chi connectivity index (χ4n) is 1.26. The highest BCUT2D eigenvalue weighted by Crippen LogP contribution is 2.00. The van der Waals surface area contributed by atoms with Crippen LogP contribution in [0, 0.1) is 6.92 Å². The number of nitrogens with zero attached hydrogens (tertiary/aromatic N) is 1. The normalized spacial score (nSPS) is 13.0. The molecule has 1 aromatic heterocycles. The summed E-state index contributed by atoms with van der Waals surface area (Å²) in [4.78, 5) is 0. The summed E-state index contributed by atoms with van der Waals surface area (Å²) in [6.45, 7) is 4.03. The third-order valence-corrected chi connectivity index (χ3v) is 2.08. The van der Waals surface area contributed by atoms with Gasteiger partial charge in [-0.2, -0.15) is 0 Å². The Bertz CT molecular complexity index is 275. The Kier molecular flexibility index (Phi) is 5.31. The van der Waals surface area contributed by atoms with Gasteiger partial charge >= 0.3 is 0 Å². The molecule has 0 bridgehead atoms. The Hall–Kier alpha value is -0.910. The molecule has 0 aliphatic carbocycles. The van der Waals surface area contributed by atoms with Crippen molar-refractivity contribution in [2.24, 2.45) is 5.73 Å². The molecule has 1 heterocycles. The highest BCUT2D eigenvalue weighted by molar-refractivity contribution is 5.02. The lowest BCUT2D eigenvalue weighted by Crippen LogP contribution is -2.34. The predicted octanol–water partition coefficient (Wildman–Crippen LogP) is 0.436. The van der Waals surface area contributed by atoms with Gasteiger partial charge in [0.25, 0.3) is 0 Å². The van der Waals surface area contributed by atoms with E-state index in [0.29, 0.717) is 13.2 Å². The fourth-order valence-corrected chi connectivity index (χ4v) is 1.26. The summed E-state index contributed by atoms with van der Waals surface area (Å²) in [6, 6.07) is 2.03. The van der Waals surface area contributed by atoms with Gasteiger partial charge in [0.15, 0.2) is 0 Å². The maximum absolute atomic E-state index is 5.84. The molecule has 1 unspecified atom stereocenters. The van der Waals surface area contributed by atoms with Crippen molar-refractivity contribution in [2.45, 2.75) is 25.9 Å². The molecule has 1 atom stereocenters. The molecule has 0 saturated carbocycles. The van der Waals surface area contributed by atoms with E-state index in [2.05, 4.69) is 10.5 Å². The summed E-state index contributed by atoms with van der Waals surface area (Å²) in [5, 5.41) is 7.09. The largest absolute Gasteiger partial charge is 0.385 e. The van der Waals surface area contributed by atoms with E-state index in [4.69, 9.17) is 15.0 Å². The number of nitrogens with two attached hydrogens (primary N) is 1. The minimum absolute atomic E-state index is 0.123. The van der Waals surface area contributed by atoms with Crippen molar-refractivity contribution in [3.05, 3.63) is 17.5 Å². The molecule has 0 amide bonds. The van der Waals surface area contributed by atoms with Gasteiger partial charge in [-0.15, -0.1) is 0 Å². The second-order valence-corrected chi connectivity index (χ2v) is 3.60. The van der Waals surface area contributed by atoms with Crippen molar-refractivity contribution < 1.29 is 9.26 Å². The first-order valence-corrected chi connectivity index (χ1v) is 5.10. The minimum Gasteiger partial charge on any atom is -0.385 e. The van der Waals surface area contributed by atoms with Crippen LogP contribution in [0.1, 0.15) is 17.9 Å². The second-order valence-electron chi connectivity index (χ2n) is 3.60. The molecule has 1 rings (SSSR count). The van der Waals surface area contributed by atoms with Gasteiger partial charge in [0, 0.05) is 38.9 Å². The molecule has 0 saturated heterocycles. The lowest BCUT2D eigenvalue weighted by Gasteiger charge is -2.10. The first-order chi connectivity index (χ1) is 7.22. The Morgan fingerprint density at radius 3 is 3.07 bits per heavy atom.